The molecule has 0 amide bonds. The molecule has 0 unspecified atom stereocenters. The number of hydrogen-bond acceptors (Lipinski definition) is 5. The van der Waals surface area contributed by atoms with Crippen LogP contribution in [0.4, 0.5) is 11.5 Å². The first-order valence-electron chi connectivity index (χ1n) is 6.17. The van der Waals surface area contributed by atoms with E-state index in [1.54, 1.807) is 6.20 Å². The maximum atomic E-state index is 8.87. The highest BCUT2D eigenvalue weighted by Crippen LogP contribution is 2.22. The van der Waals surface area contributed by atoms with Crippen LogP contribution in [0.2, 0.25) is 0 Å². The lowest BCUT2D eigenvalue weighted by Gasteiger charge is -2.21. The Labute approximate surface area is 111 Å². The molecule has 2 heterocycles. The van der Waals surface area contributed by atoms with Gasteiger partial charge in [0.25, 0.3) is 0 Å². The largest absolute Gasteiger partial charge is 0.383 e. The number of hydrogen-bond donors (Lipinski definition) is 1. The van der Waals surface area contributed by atoms with Crippen LogP contribution in [0, 0.1) is 11.3 Å². The van der Waals surface area contributed by atoms with Crippen molar-refractivity contribution >= 4 is 11.5 Å². The van der Waals surface area contributed by atoms with Gasteiger partial charge in [0.05, 0.1) is 0 Å². The van der Waals surface area contributed by atoms with Crippen LogP contribution in [0.25, 0.3) is 0 Å². The lowest BCUT2D eigenvalue weighted by molar-refractivity contribution is 0.805. The van der Waals surface area contributed by atoms with Gasteiger partial charge in [0.1, 0.15) is 11.9 Å². The summed E-state index contributed by atoms with van der Waals surface area (Å²) in [5.41, 5.74) is 2.40. The summed E-state index contributed by atoms with van der Waals surface area (Å²) in [6, 6.07) is 12.1. The Hall–Kier alpha value is -2.61. The molecule has 1 aromatic heterocycles. The lowest BCUT2D eigenvalue weighted by Crippen LogP contribution is -2.26. The molecule has 94 valence electrons. The Morgan fingerprint density at radius 1 is 1.26 bits per heavy atom. The third-order valence-electron chi connectivity index (χ3n) is 3.14. The Bertz CT molecular complexity index is 632. The maximum absolute atomic E-state index is 8.87. The minimum atomic E-state index is 0.211. The number of benzene rings is 1. The van der Waals surface area contributed by atoms with Crippen molar-refractivity contribution in [1.82, 2.24) is 9.97 Å². The molecule has 3 rings (SSSR count). The number of nitriles is 1. The second kappa shape index (κ2) is 4.94. The minimum Gasteiger partial charge on any atom is -0.383 e. The molecule has 0 spiro atoms. The van der Waals surface area contributed by atoms with Gasteiger partial charge in [-0.2, -0.15) is 5.26 Å². The summed E-state index contributed by atoms with van der Waals surface area (Å²) in [6.07, 6.45) is 1.63. The van der Waals surface area contributed by atoms with Crippen LogP contribution in [0.15, 0.2) is 36.5 Å². The standard InChI is InChI=1S/C14H13N5/c15-9-13-17-6-5-14(18-13)19-8-7-16-12-4-2-1-3-11(12)10-19/h1-6,16H,7-8,10H2. The molecule has 1 aliphatic heterocycles. The van der Waals surface area contributed by atoms with Gasteiger partial charge in [-0.05, 0) is 17.7 Å². The molecule has 5 nitrogen and oxygen atoms in total. The number of fused-ring (bicyclic) bond motifs is 1. The van der Waals surface area contributed by atoms with Crippen molar-refractivity contribution in [1.29, 1.82) is 5.26 Å². The average Bonchev–Trinajstić information content (AvgIpc) is 2.69. The Balaban J connectivity index is 1.92. The zero-order valence-corrected chi connectivity index (χ0v) is 10.4. The number of aromatic nitrogens is 2. The molecular weight excluding hydrogens is 238 g/mol. The van der Waals surface area contributed by atoms with E-state index in [2.05, 4.69) is 32.3 Å². The fraction of sp³-hybridized carbons (Fsp3) is 0.214. The van der Waals surface area contributed by atoms with E-state index in [4.69, 9.17) is 5.26 Å². The van der Waals surface area contributed by atoms with Gasteiger partial charge in [0.2, 0.25) is 5.82 Å². The van der Waals surface area contributed by atoms with Crippen LogP contribution in [0.1, 0.15) is 11.4 Å². The van der Waals surface area contributed by atoms with Gasteiger partial charge in [-0.15, -0.1) is 0 Å². The van der Waals surface area contributed by atoms with Crippen LogP contribution in [-0.2, 0) is 6.54 Å². The van der Waals surface area contributed by atoms with Crippen molar-refractivity contribution in [2.45, 2.75) is 6.54 Å². The van der Waals surface area contributed by atoms with Crippen molar-refractivity contribution in [3.8, 4) is 6.07 Å². The number of nitrogens with one attached hydrogen (secondary N) is 1. The number of para-hydroxylation sites is 1. The van der Waals surface area contributed by atoms with Gasteiger partial charge in [0.15, 0.2) is 0 Å². The molecule has 0 fully saturated rings. The van der Waals surface area contributed by atoms with E-state index < -0.39 is 0 Å². The van der Waals surface area contributed by atoms with Crippen LogP contribution < -0.4 is 10.2 Å². The van der Waals surface area contributed by atoms with Crippen LogP contribution >= 0.6 is 0 Å². The molecule has 0 saturated heterocycles. The van der Waals surface area contributed by atoms with Crippen LogP contribution in [0.5, 0.6) is 0 Å². The first-order chi connectivity index (χ1) is 9.36. The Morgan fingerprint density at radius 2 is 2.16 bits per heavy atom. The third-order valence-corrected chi connectivity index (χ3v) is 3.14. The third kappa shape index (κ3) is 2.33. The molecule has 5 heteroatoms. The number of nitrogens with zero attached hydrogens (tertiary/aromatic N) is 4. The summed E-state index contributed by atoms with van der Waals surface area (Å²) in [4.78, 5) is 10.3. The average molecular weight is 251 g/mol. The lowest BCUT2D eigenvalue weighted by atomic mass is 10.2. The summed E-state index contributed by atoms with van der Waals surface area (Å²) in [6.45, 7) is 2.48. The van der Waals surface area contributed by atoms with Crippen molar-refractivity contribution < 1.29 is 0 Å². The van der Waals surface area contributed by atoms with E-state index in [1.165, 1.54) is 11.3 Å². The second-order valence-electron chi connectivity index (χ2n) is 4.36. The normalized spacial score (nSPS) is 13.9. The maximum Gasteiger partial charge on any atom is 0.234 e. The highest BCUT2D eigenvalue weighted by atomic mass is 15.2. The second-order valence-corrected chi connectivity index (χ2v) is 4.36. The van der Waals surface area contributed by atoms with Gasteiger partial charge in [-0.1, -0.05) is 18.2 Å². The SMILES string of the molecule is N#Cc1nccc(N2CCNc3ccccc3C2)n1. The van der Waals surface area contributed by atoms with Crippen molar-refractivity contribution in [3.63, 3.8) is 0 Å². The zero-order valence-electron chi connectivity index (χ0n) is 10.4. The zero-order chi connectivity index (χ0) is 13.1. The summed E-state index contributed by atoms with van der Waals surface area (Å²) >= 11 is 0. The van der Waals surface area contributed by atoms with E-state index in [9.17, 15) is 0 Å². The van der Waals surface area contributed by atoms with E-state index in [0.29, 0.717) is 0 Å². The molecule has 0 aliphatic carbocycles. The predicted molar refractivity (Wildman–Crippen MR) is 72.7 cm³/mol. The van der Waals surface area contributed by atoms with Gasteiger partial charge in [0, 0.05) is 31.5 Å². The molecule has 0 bridgehead atoms. The van der Waals surface area contributed by atoms with E-state index in [-0.39, 0.29) is 5.82 Å². The fourth-order valence-corrected chi connectivity index (χ4v) is 2.22. The molecule has 0 atom stereocenters. The summed E-state index contributed by atoms with van der Waals surface area (Å²) in [5.74, 6) is 1.01. The monoisotopic (exact) mass is 251 g/mol. The minimum absolute atomic E-state index is 0.211. The van der Waals surface area contributed by atoms with Gasteiger partial charge >= 0.3 is 0 Å². The molecule has 0 saturated carbocycles. The first kappa shape index (κ1) is 11.5. The van der Waals surface area contributed by atoms with Crippen LogP contribution in [-0.4, -0.2) is 23.1 Å². The molecule has 1 aliphatic rings. The smallest absolute Gasteiger partial charge is 0.234 e. The van der Waals surface area contributed by atoms with E-state index >= 15 is 0 Å². The fourth-order valence-electron chi connectivity index (χ4n) is 2.22. The van der Waals surface area contributed by atoms with Gasteiger partial charge in [-0.25, -0.2) is 9.97 Å². The van der Waals surface area contributed by atoms with E-state index in [1.807, 2.05) is 24.3 Å². The number of anilines is 2. The summed E-state index contributed by atoms with van der Waals surface area (Å²) in [7, 11) is 0. The molecule has 0 radical (unpaired) electrons. The number of rotatable bonds is 1. The Morgan fingerprint density at radius 3 is 3.05 bits per heavy atom. The topological polar surface area (TPSA) is 64.8 Å². The van der Waals surface area contributed by atoms with Crippen molar-refractivity contribution in [2.24, 2.45) is 0 Å². The van der Waals surface area contributed by atoms with Crippen molar-refractivity contribution in [2.75, 3.05) is 23.3 Å². The predicted octanol–water partition coefficient (Wildman–Crippen LogP) is 1.78. The highest BCUT2D eigenvalue weighted by molar-refractivity contribution is 5.55. The molecule has 1 N–H and O–H groups in total. The van der Waals surface area contributed by atoms with Gasteiger partial charge < -0.3 is 10.2 Å². The molecular formula is C14H13N5. The first-order valence-corrected chi connectivity index (χ1v) is 6.17. The molecule has 2 aromatic rings. The summed E-state index contributed by atoms with van der Waals surface area (Å²) < 4.78 is 0. The van der Waals surface area contributed by atoms with Crippen LogP contribution in [0.3, 0.4) is 0 Å². The molecule has 19 heavy (non-hydrogen) atoms. The quantitative estimate of drug-likeness (QED) is 0.837. The van der Waals surface area contributed by atoms with E-state index in [0.717, 1.165) is 25.5 Å². The summed E-state index contributed by atoms with van der Waals surface area (Å²) in [5, 5.41) is 12.3. The highest BCUT2D eigenvalue weighted by Gasteiger charge is 2.15. The van der Waals surface area contributed by atoms with Crippen molar-refractivity contribution in [3.05, 3.63) is 47.9 Å². The van der Waals surface area contributed by atoms with Gasteiger partial charge in [-0.3, -0.25) is 0 Å². The Kier molecular flexibility index (Phi) is 2.99. The molecule has 1 aromatic carbocycles.